The van der Waals surface area contributed by atoms with Crippen molar-refractivity contribution in [2.24, 2.45) is 5.92 Å². The molecule has 17 heavy (non-hydrogen) atoms. The van der Waals surface area contributed by atoms with Gasteiger partial charge in [0, 0.05) is 5.56 Å². The quantitative estimate of drug-likeness (QED) is 0.646. The van der Waals surface area contributed by atoms with Gasteiger partial charge in [-0.3, -0.25) is 0 Å². The maximum atomic E-state index is 6.00. The van der Waals surface area contributed by atoms with Crippen LogP contribution in [0.3, 0.4) is 0 Å². The van der Waals surface area contributed by atoms with Crippen LogP contribution < -0.4 is 4.74 Å². The van der Waals surface area contributed by atoms with Gasteiger partial charge in [-0.25, -0.2) is 0 Å². The number of fused-ring (bicyclic) bond motifs is 1. The topological polar surface area (TPSA) is 9.23 Å². The molecule has 0 amide bonds. The average molecular weight is 226 g/mol. The molecular weight excluding hydrogens is 208 g/mol. The summed E-state index contributed by atoms with van der Waals surface area (Å²) in [7, 11) is 0. The first-order valence-corrected chi connectivity index (χ1v) is 6.49. The molecule has 1 fully saturated rings. The van der Waals surface area contributed by atoms with Crippen LogP contribution in [0.4, 0.5) is 0 Å². The number of hydrogen-bond acceptors (Lipinski definition) is 1. The zero-order chi connectivity index (χ0) is 12.0. The molecule has 0 aromatic heterocycles. The third-order valence-corrected chi connectivity index (χ3v) is 3.95. The third kappa shape index (κ3) is 1.20. The summed E-state index contributed by atoms with van der Waals surface area (Å²) in [6.07, 6.45) is 7.80. The van der Waals surface area contributed by atoms with E-state index in [1.807, 2.05) is 13.8 Å². The minimum absolute atomic E-state index is 0.232. The third-order valence-electron chi connectivity index (χ3n) is 3.95. The van der Waals surface area contributed by atoms with E-state index in [2.05, 4.69) is 43.4 Å². The van der Waals surface area contributed by atoms with Crippen molar-refractivity contribution in [3.05, 3.63) is 53.3 Å². The lowest BCUT2D eigenvalue weighted by Gasteiger charge is -2.11. The molecule has 0 saturated heterocycles. The molecule has 1 aliphatic heterocycles. The van der Waals surface area contributed by atoms with Crippen LogP contribution in [-0.2, 0) is 5.41 Å². The molecule has 0 bridgehead atoms. The van der Waals surface area contributed by atoms with Crippen molar-refractivity contribution in [2.75, 3.05) is 0 Å². The molecular formula is C16H18O. The van der Waals surface area contributed by atoms with Crippen LogP contribution >= 0.6 is 0 Å². The number of hydrogen-bond donors (Lipinski definition) is 0. The van der Waals surface area contributed by atoms with Gasteiger partial charge < -0.3 is 4.74 Å². The summed E-state index contributed by atoms with van der Waals surface area (Å²) in [6.45, 7) is 6.12. The van der Waals surface area contributed by atoms with Crippen LogP contribution in [0, 0.1) is 12.8 Å². The first-order chi connectivity index (χ1) is 8.32. The maximum absolute atomic E-state index is 6.00. The van der Waals surface area contributed by atoms with E-state index in [1.54, 1.807) is 0 Å². The van der Waals surface area contributed by atoms with Crippen LogP contribution in [0.1, 0.15) is 31.4 Å². The van der Waals surface area contributed by atoms with E-state index in [0.717, 1.165) is 5.75 Å². The average Bonchev–Trinajstić information content (AvgIpc) is 3.02. The Labute approximate surface area is 103 Å². The predicted molar refractivity (Wildman–Crippen MR) is 70.2 cm³/mol. The summed E-state index contributed by atoms with van der Waals surface area (Å²) in [5.74, 6) is 2.95. The predicted octanol–water partition coefficient (Wildman–Crippen LogP) is 4.13. The fourth-order valence-corrected chi connectivity index (χ4v) is 3.05. The molecule has 4 rings (SSSR count). The maximum Gasteiger partial charge on any atom is 0.134 e. The van der Waals surface area contributed by atoms with Gasteiger partial charge in [0.15, 0.2) is 0 Å². The zero-order valence-electron chi connectivity index (χ0n) is 10.7. The molecule has 88 valence electrons. The van der Waals surface area contributed by atoms with E-state index < -0.39 is 0 Å². The fraction of sp³-hybridized carbons (Fsp3) is 0.375. The van der Waals surface area contributed by atoms with Gasteiger partial charge in [-0.15, -0.1) is 0 Å². The number of ether oxygens (including phenoxy) is 1. The van der Waals surface area contributed by atoms with Crippen molar-refractivity contribution in [1.82, 2.24) is 0 Å². The van der Waals surface area contributed by atoms with Crippen LogP contribution in [0.2, 0.25) is 0 Å². The van der Waals surface area contributed by atoms with Crippen molar-refractivity contribution < 1.29 is 4.74 Å². The summed E-state index contributed by atoms with van der Waals surface area (Å²) in [5, 5.41) is 0. The lowest BCUT2D eigenvalue weighted by Crippen LogP contribution is -2.10. The Kier molecular flexibility index (Phi) is 2.19. The van der Waals surface area contributed by atoms with Gasteiger partial charge in [0.25, 0.3) is 0 Å². The largest absolute Gasteiger partial charge is 0.460 e. The first kappa shape index (κ1) is 10.6. The van der Waals surface area contributed by atoms with E-state index in [-0.39, 0.29) is 5.41 Å². The Hall–Kier alpha value is -1.50. The van der Waals surface area contributed by atoms with Gasteiger partial charge in [0.2, 0.25) is 0 Å². The summed E-state index contributed by atoms with van der Waals surface area (Å²) < 4.78 is 6.00. The summed E-state index contributed by atoms with van der Waals surface area (Å²) in [4.78, 5) is 0. The highest BCUT2D eigenvalue weighted by Crippen LogP contribution is 2.67. The van der Waals surface area contributed by atoms with Crippen LogP contribution in [0.25, 0.3) is 0 Å². The van der Waals surface area contributed by atoms with Crippen molar-refractivity contribution in [1.29, 1.82) is 0 Å². The molecule has 0 radical (unpaired) electrons. The molecule has 2 atom stereocenters. The highest BCUT2D eigenvalue weighted by Gasteiger charge is 2.63. The second-order valence-corrected chi connectivity index (χ2v) is 4.75. The van der Waals surface area contributed by atoms with E-state index >= 15 is 0 Å². The molecule has 1 spiro atoms. The minimum atomic E-state index is 0.232. The molecule has 1 heteroatoms. The standard InChI is InChI=1S/C14H12O.C2H6/c1-9-4-2-6-11-13(9)15-12-7-3-5-10-8-14(10,11)12;1-2/h2-7,10H,8H2,1H3;1-2H3. The van der Waals surface area contributed by atoms with Gasteiger partial charge in [0.1, 0.15) is 11.5 Å². The highest BCUT2D eigenvalue weighted by molar-refractivity contribution is 5.61. The Morgan fingerprint density at radius 1 is 1.29 bits per heavy atom. The van der Waals surface area contributed by atoms with Gasteiger partial charge in [-0.05, 0) is 30.9 Å². The van der Waals surface area contributed by atoms with Crippen LogP contribution in [-0.4, -0.2) is 0 Å². The number of rotatable bonds is 0. The van der Waals surface area contributed by atoms with E-state index in [1.165, 1.54) is 23.3 Å². The van der Waals surface area contributed by atoms with Gasteiger partial charge in [0.05, 0.1) is 5.41 Å². The van der Waals surface area contributed by atoms with Crippen molar-refractivity contribution in [3.8, 4) is 5.75 Å². The van der Waals surface area contributed by atoms with Crippen LogP contribution in [0.5, 0.6) is 5.75 Å². The molecule has 1 aromatic rings. The Bertz CT molecular complexity index is 524. The zero-order valence-corrected chi connectivity index (χ0v) is 10.7. The first-order valence-electron chi connectivity index (χ1n) is 6.49. The molecule has 2 unspecified atom stereocenters. The molecule has 1 aromatic carbocycles. The molecule has 1 nitrogen and oxygen atoms in total. The van der Waals surface area contributed by atoms with Crippen molar-refractivity contribution >= 4 is 0 Å². The lowest BCUT2D eigenvalue weighted by molar-refractivity contribution is 0.414. The highest BCUT2D eigenvalue weighted by atomic mass is 16.5. The molecule has 2 aliphatic carbocycles. The van der Waals surface area contributed by atoms with Gasteiger partial charge >= 0.3 is 0 Å². The Balaban J connectivity index is 0.000000431. The smallest absolute Gasteiger partial charge is 0.134 e. The minimum Gasteiger partial charge on any atom is -0.460 e. The number of aryl methyl sites for hydroxylation is 1. The normalized spacial score (nSPS) is 30.1. The summed E-state index contributed by atoms with van der Waals surface area (Å²) in [5.41, 5.74) is 2.89. The van der Waals surface area contributed by atoms with E-state index in [0.29, 0.717) is 5.92 Å². The van der Waals surface area contributed by atoms with Gasteiger partial charge in [-0.1, -0.05) is 44.2 Å². The molecule has 0 N–H and O–H groups in total. The summed E-state index contributed by atoms with van der Waals surface area (Å²) >= 11 is 0. The van der Waals surface area contributed by atoms with Crippen LogP contribution in [0.15, 0.2) is 42.2 Å². The van der Waals surface area contributed by atoms with Crippen molar-refractivity contribution in [3.63, 3.8) is 0 Å². The summed E-state index contributed by atoms with van der Waals surface area (Å²) in [6, 6.07) is 6.49. The number of benzene rings is 1. The second-order valence-electron chi connectivity index (χ2n) is 4.75. The van der Waals surface area contributed by atoms with Gasteiger partial charge in [-0.2, -0.15) is 0 Å². The Morgan fingerprint density at radius 2 is 2.12 bits per heavy atom. The number of allylic oxidation sites excluding steroid dienone is 4. The Morgan fingerprint density at radius 3 is 2.94 bits per heavy atom. The fourth-order valence-electron chi connectivity index (χ4n) is 3.05. The van der Waals surface area contributed by atoms with E-state index in [9.17, 15) is 0 Å². The lowest BCUT2D eigenvalue weighted by atomic mass is 9.89. The second kappa shape index (κ2) is 3.49. The monoisotopic (exact) mass is 226 g/mol. The molecule has 1 saturated carbocycles. The van der Waals surface area contributed by atoms with Crippen molar-refractivity contribution in [2.45, 2.75) is 32.6 Å². The SMILES string of the molecule is CC.Cc1cccc2c1OC1=CC=CC3CC123. The molecule has 1 heterocycles. The number of para-hydroxylation sites is 1. The van der Waals surface area contributed by atoms with E-state index in [4.69, 9.17) is 4.74 Å². The molecule has 3 aliphatic rings.